The summed E-state index contributed by atoms with van der Waals surface area (Å²) in [6, 6.07) is 7.58. The Labute approximate surface area is 186 Å². The van der Waals surface area contributed by atoms with Gasteiger partial charge in [-0.2, -0.15) is 13.2 Å². The molecule has 1 aliphatic rings. The molecule has 160 valence electrons. The molecule has 1 heterocycles. The molecule has 1 aromatic carbocycles. The van der Waals surface area contributed by atoms with Gasteiger partial charge < -0.3 is 15.4 Å². The second-order valence-electron chi connectivity index (χ2n) is 6.23. The molecule has 10 heteroatoms. The minimum Gasteiger partial charge on any atom is -0.379 e. The summed E-state index contributed by atoms with van der Waals surface area (Å²) in [5, 5.41) is 6.38. The lowest BCUT2D eigenvalue weighted by atomic mass is 10.0. The number of rotatable bonds is 7. The Kier molecular flexibility index (Phi) is 11.5. The number of ether oxygens (including phenoxy) is 1. The molecule has 0 bridgehead atoms. The second-order valence-corrected chi connectivity index (χ2v) is 6.67. The number of alkyl halides is 3. The Bertz CT molecular complexity index is 613. The number of nitrogens with one attached hydrogen (secondary N) is 2. The third kappa shape index (κ3) is 9.15. The molecular formula is C18H27ClF3IN4O. The van der Waals surface area contributed by atoms with Crippen LogP contribution in [0, 0.1) is 0 Å². The molecule has 0 aromatic heterocycles. The zero-order chi connectivity index (χ0) is 19.7. The summed E-state index contributed by atoms with van der Waals surface area (Å²) >= 11 is 6.14. The smallest absolute Gasteiger partial charge is 0.379 e. The second kappa shape index (κ2) is 12.7. The lowest BCUT2D eigenvalue weighted by molar-refractivity contribution is -0.132. The average molecular weight is 535 g/mol. The van der Waals surface area contributed by atoms with Crippen molar-refractivity contribution in [1.82, 2.24) is 15.5 Å². The van der Waals surface area contributed by atoms with E-state index in [2.05, 4.69) is 20.5 Å². The van der Waals surface area contributed by atoms with Crippen molar-refractivity contribution in [3.05, 3.63) is 34.9 Å². The van der Waals surface area contributed by atoms with Crippen LogP contribution in [0.15, 0.2) is 29.3 Å². The molecule has 28 heavy (non-hydrogen) atoms. The normalized spacial score (nSPS) is 17.0. The van der Waals surface area contributed by atoms with Crippen molar-refractivity contribution in [2.75, 3.05) is 45.9 Å². The van der Waals surface area contributed by atoms with Crippen molar-refractivity contribution in [3.8, 4) is 0 Å². The molecule has 1 fully saturated rings. The molecular weight excluding hydrogens is 508 g/mol. The van der Waals surface area contributed by atoms with Gasteiger partial charge in [0.2, 0.25) is 0 Å². The van der Waals surface area contributed by atoms with Crippen LogP contribution >= 0.6 is 35.6 Å². The Hall–Kier alpha value is -0.780. The summed E-state index contributed by atoms with van der Waals surface area (Å²) < 4.78 is 42.6. The van der Waals surface area contributed by atoms with Gasteiger partial charge in [-0.3, -0.25) is 9.89 Å². The average Bonchev–Trinajstić information content (AvgIpc) is 2.62. The third-order valence-corrected chi connectivity index (χ3v) is 4.42. The standard InChI is InChI=1S/C18H26ClF3N4O.HI/c1-2-23-17(24-7-6-18(20,21)22)25-13-16(26-8-10-27-11-9-26)14-4-3-5-15(19)12-14;/h3-5,12,16H,2,6-11,13H2,1H3,(H2,23,24,25);1H. The van der Waals surface area contributed by atoms with Crippen LogP contribution in [0.5, 0.6) is 0 Å². The Balaban J connectivity index is 0.00000392. The van der Waals surface area contributed by atoms with Gasteiger partial charge in [0.25, 0.3) is 0 Å². The fourth-order valence-electron chi connectivity index (χ4n) is 2.88. The van der Waals surface area contributed by atoms with Crippen LogP contribution in [0.1, 0.15) is 24.9 Å². The molecule has 1 unspecified atom stereocenters. The van der Waals surface area contributed by atoms with Crippen molar-refractivity contribution < 1.29 is 17.9 Å². The molecule has 1 saturated heterocycles. The van der Waals surface area contributed by atoms with Crippen molar-refractivity contribution in [2.45, 2.75) is 25.6 Å². The highest BCUT2D eigenvalue weighted by molar-refractivity contribution is 14.0. The molecule has 1 aromatic rings. The van der Waals surface area contributed by atoms with Gasteiger partial charge in [-0.25, -0.2) is 0 Å². The summed E-state index contributed by atoms with van der Waals surface area (Å²) in [6.07, 6.45) is -5.10. The monoisotopic (exact) mass is 534 g/mol. The third-order valence-electron chi connectivity index (χ3n) is 4.19. The van der Waals surface area contributed by atoms with Crippen LogP contribution in [0.3, 0.4) is 0 Å². The van der Waals surface area contributed by atoms with Gasteiger partial charge in [-0.05, 0) is 24.6 Å². The lowest BCUT2D eigenvalue weighted by Crippen LogP contribution is -2.42. The van der Waals surface area contributed by atoms with Crippen LogP contribution in [0.4, 0.5) is 13.2 Å². The van der Waals surface area contributed by atoms with Gasteiger partial charge in [0.1, 0.15) is 0 Å². The first kappa shape index (κ1) is 25.3. The zero-order valence-electron chi connectivity index (χ0n) is 15.8. The van der Waals surface area contributed by atoms with Crippen LogP contribution in [0.25, 0.3) is 0 Å². The highest BCUT2D eigenvalue weighted by Gasteiger charge is 2.26. The minimum atomic E-state index is -4.19. The predicted octanol–water partition coefficient (Wildman–Crippen LogP) is 3.84. The fourth-order valence-corrected chi connectivity index (χ4v) is 3.08. The van der Waals surface area contributed by atoms with Gasteiger partial charge in [0, 0.05) is 31.2 Å². The lowest BCUT2D eigenvalue weighted by Gasteiger charge is -2.34. The van der Waals surface area contributed by atoms with Crippen molar-refractivity contribution >= 4 is 41.5 Å². The number of nitrogens with zero attached hydrogens (tertiary/aromatic N) is 2. The summed E-state index contributed by atoms with van der Waals surface area (Å²) in [5.74, 6) is 0.377. The van der Waals surface area contributed by atoms with Gasteiger partial charge in [0.15, 0.2) is 5.96 Å². The summed E-state index contributed by atoms with van der Waals surface area (Å²) in [5.41, 5.74) is 1.03. The maximum absolute atomic E-state index is 12.4. The summed E-state index contributed by atoms with van der Waals surface area (Å²) in [6.45, 7) is 5.45. The summed E-state index contributed by atoms with van der Waals surface area (Å²) in [4.78, 5) is 6.78. The van der Waals surface area contributed by atoms with Crippen LogP contribution in [0.2, 0.25) is 5.02 Å². The first-order valence-corrected chi connectivity index (χ1v) is 9.43. The Morgan fingerprint density at radius 2 is 2.00 bits per heavy atom. The van der Waals surface area contributed by atoms with Gasteiger partial charge in [0.05, 0.1) is 32.2 Å². The van der Waals surface area contributed by atoms with E-state index in [1.54, 1.807) is 0 Å². The molecule has 2 N–H and O–H groups in total. The highest BCUT2D eigenvalue weighted by atomic mass is 127. The van der Waals surface area contributed by atoms with Crippen molar-refractivity contribution in [1.29, 1.82) is 0 Å². The molecule has 2 rings (SSSR count). The molecule has 1 atom stereocenters. The first-order valence-electron chi connectivity index (χ1n) is 9.05. The van der Waals surface area contributed by atoms with Crippen LogP contribution < -0.4 is 10.6 Å². The molecule has 0 aliphatic carbocycles. The molecule has 0 saturated carbocycles. The maximum Gasteiger partial charge on any atom is 0.390 e. The van der Waals surface area contributed by atoms with Gasteiger partial charge in [-0.1, -0.05) is 23.7 Å². The van der Waals surface area contributed by atoms with Gasteiger partial charge >= 0.3 is 6.18 Å². The van der Waals surface area contributed by atoms with E-state index in [-0.39, 0.29) is 36.6 Å². The van der Waals surface area contributed by atoms with E-state index in [4.69, 9.17) is 16.3 Å². The molecule has 0 spiro atoms. The minimum absolute atomic E-state index is 0. The van der Waals surface area contributed by atoms with E-state index in [1.807, 2.05) is 31.2 Å². The number of aliphatic imine (C=N–C) groups is 1. The maximum atomic E-state index is 12.4. The number of morpholine rings is 1. The van der Waals surface area contributed by atoms with E-state index < -0.39 is 12.6 Å². The number of hydrogen-bond acceptors (Lipinski definition) is 3. The van der Waals surface area contributed by atoms with E-state index >= 15 is 0 Å². The van der Waals surface area contributed by atoms with Crippen molar-refractivity contribution in [2.24, 2.45) is 4.99 Å². The highest BCUT2D eigenvalue weighted by Crippen LogP contribution is 2.25. The molecule has 0 radical (unpaired) electrons. The topological polar surface area (TPSA) is 48.9 Å². The SMILES string of the molecule is CCNC(=NCC(c1cccc(Cl)c1)N1CCOCC1)NCCC(F)(F)F.I. The Morgan fingerprint density at radius 3 is 2.61 bits per heavy atom. The van der Waals surface area contributed by atoms with Crippen molar-refractivity contribution in [3.63, 3.8) is 0 Å². The van der Waals surface area contributed by atoms with E-state index in [1.165, 1.54) is 0 Å². The van der Waals surface area contributed by atoms with E-state index in [9.17, 15) is 13.2 Å². The fraction of sp³-hybridized carbons (Fsp3) is 0.611. The van der Waals surface area contributed by atoms with Gasteiger partial charge in [-0.15, -0.1) is 24.0 Å². The largest absolute Gasteiger partial charge is 0.390 e. The first-order chi connectivity index (χ1) is 12.9. The predicted molar refractivity (Wildman–Crippen MR) is 117 cm³/mol. The summed E-state index contributed by atoms with van der Waals surface area (Å²) in [7, 11) is 0. The number of benzene rings is 1. The Morgan fingerprint density at radius 1 is 1.29 bits per heavy atom. The molecule has 5 nitrogen and oxygen atoms in total. The number of hydrogen-bond donors (Lipinski definition) is 2. The van der Waals surface area contributed by atoms with E-state index in [0.29, 0.717) is 37.3 Å². The van der Waals surface area contributed by atoms with E-state index in [0.717, 1.165) is 18.7 Å². The van der Waals surface area contributed by atoms with Crippen LogP contribution in [-0.2, 0) is 4.74 Å². The zero-order valence-corrected chi connectivity index (χ0v) is 18.9. The van der Waals surface area contributed by atoms with Crippen LogP contribution in [-0.4, -0.2) is 63.0 Å². The number of halogens is 5. The molecule has 1 aliphatic heterocycles. The number of guanidine groups is 1. The quantitative estimate of drug-likeness (QED) is 0.317. The molecule has 0 amide bonds.